The minimum absolute atomic E-state index is 0.359. The molecule has 0 radical (unpaired) electrons. The summed E-state index contributed by atoms with van der Waals surface area (Å²) in [6, 6.07) is 8.96. The van der Waals surface area contributed by atoms with Crippen LogP contribution in [0.15, 0.2) is 24.3 Å². The van der Waals surface area contributed by atoms with Gasteiger partial charge in [-0.2, -0.15) is 0 Å². The maximum atomic E-state index is 9.22. The highest BCUT2D eigenvalue weighted by Crippen LogP contribution is 2.33. The van der Waals surface area contributed by atoms with Crippen LogP contribution in [0.25, 0.3) is 0 Å². The fourth-order valence-electron chi connectivity index (χ4n) is 3.58. The van der Waals surface area contributed by atoms with Crippen molar-refractivity contribution in [1.82, 2.24) is 4.90 Å². The van der Waals surface area contributed by atoms with Crippen LogP contribution in [0.2, 0.25) is 0 Å². The number of aliphatic hydroxyl groups is 1. The fourth-order valence-corrected chi connectivity index (χ4v) is 3.58. The molecule has 1 aromatic rings. The Labute approximate surface area is 110 Å². The van der Waals surface area contributed by atoms with E-state index in [1.54, 1.807) is 11.1 Å². The lowest BCUT2D eigenvalue weighted by Crippen LogP contribution is -2.28. The molecule has 98 valence electrons. The van der Waals surface area contributed by atoms with Crippen molar-refractivity contribution >= 4 is 0 Å². The fraction of sp³-hybridized carbons (Fsp3) is 0.625. The Balaban J connectivity index is 1.67. The molecule has 0 aromatic heterocycles. The molecule has 2 heteroatoms. The van der Waals surface area contributed by atoms with Gasteiger partial charge < -0.3 is 10.0 Å². The average Bonchev–Trinajstić information content (AvgIpc) is 2.87. The number of hydrogen-bond acceptors (Lipinski definition) is 2. The summed E-state index contributed by atoms with van der Waals surface area (Å²) in [5.41, 5.74) is 3.14. The molecule has 2 aliphatic rings. The second-order valence-electron chi connectivity index (χ2n) is 5.88. The van der Waals surface area contributed by atoms with Gasteiger partial charge in [0.25, 0.3) is 0 Å². The van der Waals surface area contributed by atoms with E-state index in [1.165, 1.54) is 38.8 Å². The molecule has 2 nitrogen and oxygen atoms in total. The molecule has 2 atom stereocenters. The number of nitrogens with zero attached hydrogens (tertiary/aromatic N) is 1. The Bertz CT molecular complexity index is 404. The number of aryl methyl sites for hydroxylation is 1. The van der Waals surface area contributed by atoms with Crippen molar-refractivity contribution in [2.24, 2.45) is 5.92 Å². The quantitative estimate of drug-likeness (QED) is 0.884. The molecular weight excluding hydrogens is 222 g/mol. The lowest BCUT2D eigenvalue weighted by Gasteiger charge is -2.29. The third-order valence-corrected chi connectivity index (χ3v) is 4.60. The van der Waals surface area contributed by atoms with Crippen LogP contribution >= 0.6 is 0 Å². The maximum Gasteiger partial charge on any atom is 0.0471 e. The van der Waals surface area contributed by atoms with Gasteiger partial charge in [-0.05, 0) is 55.2 Å². The highest BCUT2D eigenvalue weighted by atomic mass is 16.3. The first-order valence-electron chi connectivity index (χ1n) is 7.28. The summed E-state index contributed by atoms with van der Waals surface area (Å²) in [7, 11) is 0. The highest BCUT2D eigenvalue weighted by Gasteiger charge is 2.26. The molecule has 0 amide bonds. The highest BCUT2D eigenvalue weighted by molar-refractivity contribution is 5.32. The van der Waals surface area contributed by atoms with Gasteiger partial charge in [-0.3, -0.25) is 0 Å². The van der Waals surface area contributed by atoms with Crippen LogP contribution in [0.5, 0.6) is 0 Å². The van der Waals surface area contributed by atoms with Gasteiger partial charge in [0.2, 0.25) is 0 Å². The summed E-state index contributed by atoms with van der Waals surface area (Å²) >= 11 is 0. The molecule has 1 N–H and O–H groups in total. The second-order valence-corrected chi connectivity index (χ2v) is 5.88. The lowest BCUT2D eigenvalue weighted by atomic mass is 9.82. The monoisotopic (exact) mass is 245 g/mol. The predicted molar refractivity (Wildman–Crippen MR) is 73.8 cm³/mol. The van der Waals surface area contributed by atoms with E-state index in [0.717, 1.165) is 6.54 Å². The number of likely N-dealkylation sites (tertiary alicyclic amines) is 1. The van der Waals surface area contributed by atoms with Gasteiger partial charge >= 0.3 is 0 Å². The van der Waals surface area contributed by atoms with E-state index >= 15 is 0 Å². The minimum Gasteiger partial charge on any atom is -0.396 e. The van der Waals surface area contributed by atoms with E-state index in [1.807, 2.05) is 0 Å². The van der Waals surface area contributed by atoms with Crippen molar-refractivity contribution < 1.29 is 5.11 Å². The minimum atomic E-state index is 0.359. The van der Waals surface area contributed by atoms with Crippen LogP contribution in [-0.2, 0) is 6.42 Å². The molecule has 1 aliphatic heterocycles. The van der Waals surface area contributed by atoms with E-state index in [0.29, 0.717) is 18.4 Å². The smallest absolute Gasteiger partial charge is 0.0471 e. The SMILES string of the molecule is OCC1CCN(CC2CCCc3ccccc32)C1. The van der Waals surface area contributed by atoms with Crippen LogP contribution in [0, 0.1) is 5.92 Å². The van der Waals surface area contributed by atoms with E-state index < -0.39 is 0 Å². The van der Waals surface area contributed by atoms with Crippen molar-refractivity contribution in [3.05, 3.63) is 35.4 Å². The van der Waals surface area contributed by atoms with Crippen LogP contribution in [0.3, 0.4) is 0 Å². The molecule has 1 aliphatic carbocycles. The molecule has 0 spiro atoms. The van der Waals surface area contributed by atoms with Gasteiger partial charge in [-0.25, -0.2) is 0 Å². The normalized spacial score (nSPS) is 28.3. The predicted octanol–water partition coefficient (Wildman–Crippen LogP) is 2.42. The summed E-state index contributed by atoms with van der Waals surface area (Å²) in [6.07, 6.45) is 5.09. The van der Waals surface area contributed by atoms with Crippen molar-refractivity contribution in [2.75, 3.05) is 26.2 Å². The van der Waals surface area contributed by atoms with Crippen LogP contribution in [-0.4, -0.2) is 36.2 Å². The zero-order chi connectivity index (χ0) is 12.4. The average molecular weight is 245 g/mol. The third-order valence-electron chi connectivity index (χ3n) is 4.60. The number of rotatable bonds is 3. The van der Waals surface area contributed by atoms with Crippen LogP contribution in [0.1, 0.15) is 36.3 Å². The molecular formula is C16H23NO. The van der Waals surface area contributed by atoms with Crippen LogP contribution < -0.4 is 0 Å². The van der Waals surface area contributed by atoms with Gasteiger partial charge in [-0.15, -0.1) is 0 Å². The Morgan fingerprint density at radius 3 is 2.94 bits per heavy atom. The lowest BCUT2D eigenvalue weighted by molar-refractivity contribution is 0.217. The van der Waals surface area contributed by atoms with E-state index in [2.05, 4.69) is 29.2 Å². The van der Waals surface area contributed by atoms with Crippen LogP contribution in [0.4, 0.5) is 0 Å². The topological polar surface area (TPSA) is 23.5 Å². The molecule has 3 rings (SSSR count). The first-order valence-corrected chi connectivity index (χ1v) is 7.28. The molecule has 0 bridgehead atoms. The van der Waals surface area contributed by atoms with Crippen molar-refractivity contribution in [3.63, 3.8) is 0 Å². The summed E-state index contributed by atoms with van der Waals surface area (Å²) in [5, 5.41) is 9.22. The number of benzene rings is 1. The zero-order valence-electron chi connectivity index (χ0n) is 11.0. The van der Waals surface area contributed by atoms with Gasteiger partial charge in [0.05, 0.1) is 0 Å². The molecule has 1 saturated heterocycles. The number of fused-ring (bicyclic) bond motifs is 1. The van der Waals surface area contributed by atoms with Gasteiger partial charge in [-0.1, -0.05) is 24.3 Å². The Morgan fingerprint density at radius 1 is 1.22 bits per heavy atom. The summed E-state index contributed by atoms with van der Waals surface area (Å²) in [6.45, 7) is 3.81. The molecule has 1 fully saturated rings. The third kappa shape index (κ3) is 2.45. The van der Waals surface area contributed by atoms with Crippen molar-refractivity contribution in [1.29, 1.82) is 0 Å². The summed E-state index contributed by atoms with van der Waals surface area (Å²) in [5.74, 6) is 1.23. The Kier molecular flexibility index (Phi) is 3.67. The largest absolute Gasteiger partial charge is 0.396 e. The molecule has 1 heterocycles. The molecule has 1 aromatic carbocycles. The van der Waals surface area contributed by atoms with Gasteiger partial charge in [0, 0.05) is 19.7 Å². The standard InChI is InChI=1S/C16H23NO/c18-12-13-8-9-17(10-13)11-15-6-3-5-14-4-1-2-7-16(14)15/h1-2,4,7,13,15,18H,3,5-6,8-12H2. The summed E-state index contributed by atoms with van der Waals surface area (Å²) in [4.78, 5) is 2.55. The number of hydrogen-bond donors (Lipinski definition) is 1. The molecule has 2 unspecified atom stereocenters. The maximum absolute atomic E-state index is 9.22. The number of aliphatic hydroxyl groups excluding tert-OH is 1. The molecule has 18 heavy (non-hydrogen) atoms. The van der Waals surface area contributed by atoms with E-state index in [9.17, 15) is 5.11 Å². The zero-order valence-corrected chi connectivity index (χ0v) is 11.0. The van der Waals surface area contributed by atoms with Gasteiger partial charge in [0.15, 0.2) is 0 Å². The van der Waals surface area contributed by atoms with Crippen molar-refractivity contribution in [3.8, 4) is 0 Å². The van der Waals surface area contributed by atoms with E-state index in [-0.39, 0.29) is 0 Å². The second kappa shape index (κ2) is 5.41. The Hall–Kier alpha value is -0.860. The van der Waals surface area contributed by atoms with Crippen molar-refractivity contribution in [2.45, 2.75) is 31.6 Å². The summed E-state index contributed by atoms with van der Waals surface area (Å²) < 4.78 is 0. The molecule has 0 saturated carbocycles. The van der Waals surface area contributed by atoms with Gasteiger partial charge in [0.1, 0.15) is 0 Å². The first kappa shape index (κ1) is 12.2. The Morgan fingerprint density at radius 2 is 2.11 bits per heavy atom. The first-order chi connectivity index (χ1) is 8.86. The van der Waals surface area contributed by atoms with E-state index in [4.69, 9.17) is 0 Å².